The van der Waals surface area contributed by atoms with Gasteiger partial charge in [-0.15, -0.1) is 11.3 Å². The molecular weight excluding hydrogens is 380 g/mol. The zero-order valence-corrected chi connectivity index (χ0v) is 17.4. The summed E-state index contributed by atoms with van der Waals surface area (Å²) in [5.74, 6) is 0.0287. The lowest BCUT2D eigenvalue weighted by Gasteiger charge is -2.30. The summed E-state index contributed by atoms with van der Waals surface area (Å²) in [5.41, 5.74) is 5.78. The first-order valence-electron chi connectivity index (χ1n) is 9.87. The number of pyridine rings is 1. The second-order valence-electron chi connectivity index (χ2n) is 7.62. The zero-order chi connectivity index (χ0) is 20.0. The normalized spacial score (nSPS) is 13.7. The van der Waals surface area contributed by atoms with E-state index < -0.39 is 0 Å². The van der Waals surface area contributed by atoms with E-state index in [1.165, 1.54) is 16.0 Å². The van der Waals surface area contributed by atoms with Crippen molar-refractivity contribution in [3.8, 4) is 0 Å². The number of rotatable bonds is 3. The van der Waals surface area contributed by atoms with Crippen LogP contribution < -0.4 is 4.90 Å². The average molecular weight is 403 g/mol. The minimum atomic E-state index is 0.0287. The second kappa shape index (κ2) is 7.12. The lowest BCUT2D eigenvalue weighted by molar-refractivity contribution is 0.0986. The first-order valence-corrected chi connectivity index (χ1v) is 10.7. The molecule has 1 aliphatic heterocycles. The number of hydrogen-bond donors (Lipinski definition) is 0. The number of anilines is 1. The Bertz CT molecular complexity index is 1210. The van der Waals surface area contributed by atoms with Gasteiger partial charge in [-0.2, -0.15) is 5.10 Å². The monoisotopic (exact) mass is 402 g/mol. The highest BCUT2D eigenvalue weighted by Crippen LogP contribution is 2.31. The summed E-state index contributed by atoms with van der Waals surface area (Å²) in [6, 6.07) is 12.4. The van der Waals surface area contributed by atoms with Crippen LogP contribution >= 0.6 is 11.3 Å². The van der Waals surface area contributed by atoms with E-state index in [1.807, 2.05) is 28.6 Å². The predicted molar refractivity (Wildman–Crippen MR) is 117 cm³/mol. The van der Waals surface area contributed by atoms with E-state index in [1.54, 1.807) is 17.5 Å². The molecule has 0 aliphatic carbocycles. The number of nitrogens with zero attached hydrogens (tertiary/aromatic N) is 4. The number of fused-ring (bicyclic) bond motifs is 2. The molecule has 0 saturated heterocycles. The molecule has 4 heterocycles. The highest BCUT2D eigenvalue weighted by Gasteiger charge is 2.26. The van der Waals surface area contributed by atoms with Gasteiger partial charge in [0.05, 0.1) is 23.7 Å². The van der Waals surface area contributed by atoms with E-state index >= 15 is 0 Å². The SMILES string of the molecule is Cc1ccc2c(c1)CCCN2C(=O)c1cc(C)nc2c1cnn2Cc1cccs1. The molecule has 0 radical (unpaired) electrons. The molecule has 0 bridgehead atoms. The van der Waals surface area contributed by atoms with Gasteiger partial charge in [0, 0.05) is 22.8 Å². The number of aromatic nitrogens is 3. The van der Waals surface area contributed by atoms with Crippen LogP contribution in [0.15, 0.2) is 48.0 Å². The maximum atomic E-state index is 13.6. The van der Waals surface area contributed by atoms with Crippen LogP contribution in [0.5, 0.6) is 0 Å². The summed E-state index contributed by atoms with van der Waals surface area (Å²) in [6.45, 7) is 5.43. The highest BCUT2D eigenvalue weighted by atomic mass is 32.1. The lowest BCUT2D eigenvalue weighted by Crippen LogP contribution is -2.35. The van der Waals surface area contributed by atoms with Gasteiger partial charge < -0.3 is 4.90 Å². The molecule has 0 saturated carbocycles. The molecule has 0 fully saturated rings. The maximum absolute atomic E-state index is 13.6. The predicted octanol–water partition coefficient (Wildman–Crippen LogP) is 4.75. The van der Waals surface area contributed by atoms with E-state index in [0.717, 1.165) is 41.8 Å². The average Bonchev–Trinajstić information content (AvgIpc) is 3.37. The van der Waals surface area contributed by atoms with Crippen LogP contribution in [0.4, 0.5) is 5.69 Å². The van der Waals surface area contributed by atoms with Crippen molar-refractivity contribution in [2.24, 2.45) is 0 Å². The third-order valence-corrected chi connectivity index (χ3v) is 6.31. The Hall–Kier alpha value is -2.99. The van der Waals surface area contributed by atoms with Crippen molar-refractivity contribution in [2.45, 2.75) is 33.2 Å². The van der Waals surface area contributed by atoms with E-state index in [9.17, 15) is 4.79 Å². The van der Waals surface area contributed by atoms with Crippen LogP contribution in [-0.2, 0) is 13.0 Å². The fourth-order valence-corrected chi connectivity index (χ4v) is 4.78. The largest absolute Gasteiger partial charge is 0.308 e. The molecule has 29 heavy (non-hydrogen) atoms. The summed E-state index contributed by atoms with van der Waals surface area (Å²) < 4.78 is 1.89. The molecule has 1 aliphatic rings. The third kappa shape index (κ3) is 3.23. The Labute approximate surface area is 173 Å². The molecule has 0 atom stereocenters. The summed E-state index contributed by atoms with van der Waals surface area (Å²) in [5, 5.41) is 7.42. The summed E-state index contributed by atoms with van der Waals surface area (Å²) in [4.78, 5) is 21.4. The summed E-state index contributed by atoms with van der Waals surface area (Å²) in [6.07, 6.45) is 3.78. The standard InChI is InChI=1S/C23H22N4OS/c1-15-7-8-21-17(11-15)5-3-9-26(21)23(28)19-12-16(2)25-22-20(19)13-24-27(22)14-18-6-4-10-29-18/h4,6-8,10-13H,3,5,9,14H2,1-2H3. The van der Waals surface area contributed by atoms with Crippen LogP contribution in [0.25, 0.3) is 11.0 Å². The third-order valence-electron chi connectivity index (χ3n) is 5.45. The number of benzene rings is 1. The molecule has 0 spiro atoms. The molecule has 0 N–H and O–H groups in total. The number of hydrogen-bond acceptors (Lipinski definition) is 4. The smallest absolute Gasteiger partial charge is 0.259 e. The van der Waals surface area contributed by atoms with Crippen molar-refractivity contribution in [1.82, 2.24) is 14.8 Å². The van der Waals surface area contributed by atoms with Crippen LogP contribution in [-0.4, -0.2) is 27.2 Å². The van der Waals surface area contributed by atoms with Crippen LogP contribution in [0.1, 0.15) is 38.5 Å². The van der Waals surface area contributed by atoms with Crippen molar-refractivity contribution in [1.29, 1.82) is 0 Å². The Morgan fingerprint density at radius 1 is 1.21 bits per heavy atom. The molecule has 1 aromatic carbocycles. The van der Waals surface area contributed by atoms with Crippen LogP contribution in [0, 0.1) is 13.8 Å². The summed E-state index contributed by atoms with van der Waals surface area (Å²) >= 11 is 1.70. The van der Waals surface area contributed by atoms with Gasteiger partial charge in [0.1, 0.15) is 0 Å². The molecular formula is C23H22N4OS. The van der Waals surface area contributed by atoms with Crippen molar-refractivity contribution in [2.75, 3.05) is 11.4 Å². The Balaban J connectivity index is 1.57. The number of aryl methyl sites for hydroxylation is 3. The number of amides is 1. The van der Waals surface area contributed by atoms with Gasteiger partial charge in [0.15, 0.2) is 5.65 Å². The van der Waals surface area contributed by atoms with Crippen LogP contribution in [0.3, 0.4) is 0 Å². The minimum Gasteiger partial charge on any atom is -0.308 e. The molecule has 4 aromatic rings. The van der Waals surface area contributed by atoms with Gasteiger partial charge >= 0.3 is 0 Å². The van der Waals surface area contributed by atoms with E-state index in [2.05, 4.69) is 41.7 Å². The first-order chi connectivity index (χ1) is 14.1. The molecule has 6 heteroatoms. The van der Waals surface area contributed by atoms with Gasteiger partial charge in [-0.1, -0.05) is 23.8 Å². The molecule has 5 rings (SSSR count). The quantitative estimate of drug-likeness (QED) is 0.497. The second-order valence-corrected chi connectivity index (χ2v) is 8.65. The van der Waals surface area contributed by atoms with E-state index in [0.29, 0.717) is 12.1 Å². The van der Waals surface area contributed by atoms with Gasteiger partial charge in [-0.3, -0.25) is 4.79 Å². The van der Waals surface area contributed by atoms with Crippen molar-refractivity contribution in [3.05, 3.63) is 75.2 Å². The minimum absolute atomic E-state index is 0.0287. The molecule has 146 valence electrons. The molecule has 0 unspecified atom stereocenters. The number of carbonyl (C=O) groups is 1. The van der Waals surface area contributed by atoms with Crippen LogP contribution in [0.2, 0.25) is 0 Å². The van der Waals surface area contributed by atoms with E-state index in [4.69, 9.17) is 4.98 Å². The topological polar surface area (TPSA) is 51.0 Å². The maximum Gasteiger partial charge on any atom is 0.259 e. The Morgan fingerprint density at radius 3 is 2.93 bits per heavy atom. The number of thiophene rings is 1. The van der Waals surface area contributed by atoms with Gasteiger partial charge in [-0.25, -0.2) is 9.67 Å². The van der Waals surface area contributed by atoms with Gasteiger partial charge in [0.25, 0.3) is 5.91 Å². The number of carbonyl (C=O) groups excluding carboxylic acids is 1. The summed E-state index contributed by atoms with van der Waals surface area (Å²) in [7, 11) is 0. The van der Waals surface area contributed by atoms with Crippen molar-refractivity contribution >= 4 is 34.0 Å². The lowest BCUT2D eigenvalue weighted by atomic mass is 9.98. The fourth-order valence-electron chi connectivity index (χ4n) is 4.10. The zero-order valence-electron chi connectivity index (χ0n) is 16.6. The van der Waals surface area contributed by atoms with Gasteiger partial charge in [0.2, 0.25) is 0 Å². The van der Waals surface area contributed by atoms with Gasteiger partial charge in [-0.05, 0) is 55.8 Å². The van der Waals surface area contributed by atoms with Crippen molar-refractivity contribution < 1.29 is 4.79 Å². The highest BCUT2D eigenvalue weighted by molar-refractivity contribution is 7.09. The van der Waals surface area contributed by atoms with Crippen molar-refractivity contribution in [3.63, 3.8) is 0 Å². The Kier molecular flexibility index (Phi) is 4.43. The Morgan fingerprint density at radius 2 is 2.10 bits per heavy atom. The molecule has 5 nitrogen and oxygen atoms in total. The first kappa shape index (κ1) is 18.1. The van der Waals surface area contributed by atoms with E-state index in [-0.39, 0.29) is 5.91 Å². The fraction of sp³-hybridized carbons (Fsp3) is 0.261. The molecule has 1 amide bonds. The molecule has 3 aromatic heterocycles.